The molecule has 0 aliphatic heterocycles. The maximum Gasteiger partial charge on any atom is 0.249 e. The van der Waals surface area contributed by atoms with E-state index in [-0.39, 0.29) is 16.3 Å². The average molecular weight is 524 g/mol. The molecule has 0 unspecified atom stereocenters. The number of hydrogen-bond acceptors (Lipinski definition) is 8. The molecule has 36 heavy (non-hydrogen) atoms. The van der Waals surface area contributed by atoms with Crippen molar-refractivity contribution in [2.24, 2.45) is 0 Å². The Kier molecular flexibility index (Phi) is 6.28. The molecular weight excluding hydrogens is 511 g/mol. The smallest absolute Gasteiger partial charge is 0.249 e. The number of anilines is 3. The van der Waals surface area contributed by atoms with Crippen molar-refractivity contribution >= 4 is 51.2 Å². The molecule has 9 nitrogen and oxygen atoms in total. The first-order valence-corrected chi connectivity index (χ1v) is 11.0. The van der Waals surface area contributed by atoms with Crippen molar-refractivity contribution in [1.82, 2.24) is 30.4 Å². The molecule has 0 bridgehead atoms. The zero-order valence-corrected chi connectivity index (χ0v) is 19.5. The molecule has 0 amide bonds. The predicted octanol–water partition coefficient (Wildman–Crippen LogP) is 5.54. The monoisotopic (exact) mass is 523 g/mol. The van der Waals surface area contributed by atoms with Gasteiger partial charge in [-0.05, 0) is 18.2 Å². The van der Waals surface area contributed by atoms with Gasteiger partial charge in [-0.2, -0.15) is 9.65 Å². The molecule has 5 aromatic rings. The summed E-state index contributed by atoms with van der Waals surface area (Å²) in [5.74, 6) is -2.37. The van der Waals surface area contributed by atoms with Gasteiger partial charge in [-0.1, -0.05) is 28.4 Å². The minimum absolute atomic E-state index is 0.134. The van der Waals surface area contributed by atoms with Crippen molar-refractivity contribution in [3.63, 3.8) is 0 Å². The summed E-state index contributed by atoms with van der Waals surface area (Å²) < 4.78 is 27.1. The van der Waals surface area contributed by atoms with Crippen LogP contribution in [0.5, 0.6) is 0 Å². The first-order valence-electron chi connectivity index (χ1n) is 10.3. The molecule has 0 radical (unpaired) electrons. The van der Waals surface area contributed by atoms with Crippen molar-refractivity contribution in [2.75, 3.05) is 10.6 Å². The second kappa shape index (κ2) is 9.69. The molecule has 0 aliphatic carbocycles. The van der Waals surface area contributed by atoms with Crippen molar-refractivity contribution in [3.05, 3.63) is 93.9 Å². The fourth-order valence-electron chi connectivity index (χ4n) is 3.63. The lowest BCUT2D eigenvalue weighted by atomic mass is 10.0. The minimum Gasteiger partial charge on any atom is -0.373 e. The van der Waals surface area contributed by atoms with Crippen LogP contribution in [0.1, 0.15) is 22.9 Å². The summed E-state index contributed by atoms with van der Waals surface area (Å²) in [6.45, 7) is 0. The van der Waals surface area contributed by atoms with E-state index in [2.05, 4.69) is 41.0 Å². The number of nitrogens with one attached hydrogen (secondary N) is 3. The largest absolute Gasteiger partial charge is 0.373 e. The minimum atomic E-state index is -1.23. The van der Waals surface area contributed by atoms with Crippen LogP contribution < -0.4 is 10.6 Å². The number of rotatable bonds is 6. The standard InChI is InChI=1S/C23H13Cl2F2N9/c24-16-1-2-29-9-15(16)22(19-10-32-36-35-19)33-12-3-14-20(34-13-5-18(26)23(27)31-8-13)11(6-28)7-30-21(14)17(25)4-12/h1-5,7-10,22,33H,(H,30,34)(H,32,35,36)/t22-/m0/s1. The first-order chi connectivity index (χ1) is 17.4. The zero-order valence-electron chi connectivity index (χ0n) is 18.0. The highest BCUT2D eigenvalue weighted by Gasteiger charge is 2.21. The highest BCUT2D eigenvalue weighted by molar-refractivity contribution is 6.36. The highest BCUT2D eigenvalue weighted by atomic mass is 35.5. The second-order valence-corrected chi connectivity index (χ2v) is 8.32. The van der Waals surface area contributed by atoms with Gasteiger partial charge in [0.15, 0.2) is 5.82 Å². The van der Waals surface area contributed by atoms with Gasteiger partial charge in [-0.3, -0.25) is 15.1 Å². The van der Waals surface area contributed by atoms with Crippen LogP contribution in [0.15, 0.2) is 55.2 Å². The fourth-order valence-corrected chi connectivity index (χ4v) is 4.11. The molecule has 4 heterocycles. The first kappa shape index (κ1) is 23.3. The number of hydrogen-bond donors (Lipinski definition) is 3. The van der Waals surface area contributed by atoms with Gasteiger partial charge in [0.05, 0.1) is 33.7 Å². The lowest BCUT2D eigenvalue weighted by Crippen LogP contribution is -2.14. The van der Waals surface area contributed by atoms with Gasteiger partial charge in [-0.15, -0.1) is 5.10 Å². The zero-order chi connectivity index (χ0) is 25.2. The van der Waals surface area contributed by atoms with Gasteiger partial charge >= 0.3 is 0 Å². The van der Waals surface area contributed by atoms with Gasteiger partial charge in [-0.25, -0.2) is 9.37 Å². The van der Waals surface area contributed by atoms with E-state index < -0.39 is 17.8 Å². The van der Waals surface area contributed by atoms with E-state index in [1.807, 2.05) is 6.07 Å². The van der Waals surface area contributed by atoms with E-state index in [0.717, 1.165) is 12.3 Å². The second-order valence-electron chi connectivity index (χ2n) is 7.51. The molecule has 5 rings (SSSR count). The number of aromatic amines is 1. The third-order valence-corrected chi connectivity index (χ3v) is 5.89. The van der Waals surface area contributed by atoms with Crippen LogP contribution in [0, 0.1) is 23.1 Å². The number of fused-ring (bicyclic) bond motifs is 1. The highest BCUT2D eigenvalue weighted by Crippen LogP contribution is 2.37. The Balaban J connectivity index is 1.63. The van der Waals surface area contributed by atoms with E-state index in [1.165, 1.54) is 6.20 Å². The summed E-state index contributed by atoms with van der Waals surface area (Å²) in [5, 5.41) is 27.7. The average Bonchev–Trinajstić information content (AvgIpc) is 3.40. The SMILES string of the molecule is N#Cc1cnc2c(Cl)cc(N[C@H](c3c[nH]nn3)c3cnccc3Cl)cc2c1Nc1cnc(F)c(F)c1. The van der Waals surface area contributed by atoms with Gasteiger partial charge in [0.2, 0.25) is 5.95 Å². The van der Waals surface area contributed by atoms with Crippen LogP contribution in [0.25, 0.3) is 10.9 Å². The molecule has 4 aromatic heterocycles. The van der Waals surface area contributed by atoms with E-state index >= 15 is 0 Å². The number of nitrogens with zero attached hydrogens (tertiary/aromatic N) is 6. The molecule has 13 heteroatoms. The van der Waals surface area contributed by atoms with Crippen LogP contribution in [0.3, 0.4) is 0 Å². The summed E-state index contributed by atoms with van der Waals surface area (Å²) in [4.78, 5) is 11.8. The Morgan fingerprint density at radius 3 is 2.61 bits per heavy atom. The Morgan fingerprint density at radius 1 is 1.03 bits per heavy atom. The van der Waals surface area contributed by atoms with Crippen LogP contribution >= 0.6 is 23.2 Å². The molecule has 0 aliphatic rings. The Labute approximate surface area is 212 Å². The quantitative estimate of drug-likeness (QED) is 0.247. The number of pyridine rings is 3. The maximum atomic E-state index is 13.8. The summed E-state index contributed by atoms with van der Waals surface area (Å²) in [7, 11) is 0. The van der Waals surface area contributed by atoms with Crippen molar-refractivity contribution < 1.29 is 8.78 Å². The lowest BCUT2D eigenvalue weighted by molar-refractivity contribution is 0.480. The van der Waals surface area contributed by atoms with Crippen LogP contribution in [0.4, 0.5) is 25.8 Å². The van der Waals surface area contributed by atoms with E-state index in [1.54, 1.807) is 36.8 Å². The molecule has 0 saturated carbocycles. The fraction of sp³-hybridized carbons (Fsp3) is 0.0435. The van der Waals surface area contributed by atoms with Crippen molar-refractivity contribution in [1.29, 1.82) is 5.26 Å². The summed E-state index contributed by atoms with van der Waals surface area (Å²) >= 11 is 13.0. The van der Waals surface area contributed by atoms with Gasteiger partial charge in [0.25, 0.3) is 0 Å². The van der Waals surface area contributed by atoms with Crippen molar-refractivity contribution in [3.8, 4) is 6.07 Å². The Morgan fingerprint density at radius 2 is 1.89 bits per heavy atom. The number of benzene rings is 1. The Hall–Kier alpha value is -4.40. The normalized spacial score (nSPS) is 11.8. The number of halogens is 4. The van der Waals surface area contributed by atoms with Gasteiger partial charge in [0, 0.05) is 52.5 Å². The molecular formula is C23H13Cl2F2N9. The van der Waals surface area contributed by atoms with Gasteiger partial charge < -0.3 is 10.6 Å². The summed E-state index contributed by atoms with van der Waals surface area (Å²) in [6, 6.07) is 7.44. The molecule has 3 N–H and O–H groups in total. The van der Waals surface area contributed by atoms with Crippen LogP contribution in [0.2, 0.25) is 10.0 Å². The third-order valence-electron chi connectivity index (χ3n) is 5.26. The molecule has 1 atom stereocenters. The molecule has 0 spiro atoms. The van der Waals surface area contributed by atoms with Crippen molar-refractivity contribution in [2.45, 2.75) is 6.04 Å². The number of H-pyrrole nitrogens is 1. The predicted molar refractivity (Wildman–Crippen MR) is 130 cm³/mol. The summed E-state index contributed by atoms with van der Waals surface area (Å²) in [5.41, 5.74) is 2.67. The van der Waals surface area contributed by atoms with Gasteiger partial charge in [0.1, 0.15) is 17.8 Å². The van der Waals surface area contributed by atoms with E-state index in [4.69, 9.17) is 23.2 Å². The van der Waals surface area contributed by atoms with E-state index in [0.29, 0.717) is 38.6 Å². The van der Waals surface area contributed by atoms with E-state index in [9.17, 15) is 14.0 Å². The Bertz CT molecular complexity index is 1620. The maximum absolute atomic E-state index is 13.8. The number of aromatic nitrogens is 6. The topological polar surface area (TPSA) is 128 Å². The lowest BCUT2D eigenvalue weighted by Gasteiger charge is -2.20. The molecule has 178 valence electrons. The molecule has 0 fully saturated rings. The summed E-state index contributed by atoms with van der Waals surface area (Å²) in [6.07, 6.45) is 7.24. The third kappa shape index (κ3) is 4.47. The van der Waals surface area contributed by atoms with Crippen LogP contribution in [-0.4, -0.2) is 30.4 Å². The van der Waals surface area contributed by atoms with Crippen LogP contribution in [-0.2, 0) is 0 Å². The molecule has 1 aromatic carbocycles. The molecule has 0 saturated heterocycles. The number of nitriles is 1.